The van der Waals surface area contributed by atoms with Crippen LogP contribution in [-0.2, 0) is 11.2 Å². The number of phenolic OH excluding ortho intramolecular Hbond substituents is 2. The maximum Gasteiger partial charge on any atom is 0.137 e. The number of aromatic hydroxyl groups is 2. The van der Waals surface area contributed by atoms with Crippen molar-refractivity contribution in [2.45, 2.75) is 19.3 Å². The van der Waals surface area contributed by atoms with Crippen molar-refractivity contribution in [3.63, 3.8) is 0 Å². The summed E-state index contributed by atoms with van der Waals surface area (Å²) >= 11 is 0. The number of carbonyl (C=O) groups excluding carboxylic acids is 1. The molecule has 0 radical (unpaired) electrons. The zero-order valence-electron chi connectivity index (χ0n) is 10.7. The molecule has 2 N–H and O–H groups in total. The van der Waals surface area contributed by atoms with Gasteiger partial charge in [-0.05, 0) is 48.7 Å². The molecule has 0 aliphatic heterocycles. The van der Waals surface area contributed by atoms with Gasteiger partial charge in [0, 0.05) is 5.92 Å². The van der Waals surface area contributed by atoms with E-state index >= 15 is 0 Å². The molecule has 0 aromatic heterocycles. The Labute approximate surface area is 112 Å². The summed E-state index contributed by atoms with van der Waals surface area (Å²) < 4.78 is 0. The Kier molecular flexibility index (Phi) is 3.85. The van der Waals surface area contributed by atoms with Gasteiger partial charge in [0.15, 0.2) is 0 Å². The topological polar surface area (TPSA) is 57.5 Å². The molecular weight excluding hydrogens is 240 g/mol. The third-order valence-corrected chi connectivity index (χ3v) is 3.16. The van der Waals surface area contributed by atoms with E-state index in [9.17, 15) is 15.0 Å². The average molecular weight is 256 g/mol. The Hall–Kier alpha value is -2.29. The van der Waals surface area contributed by atoms with Crippen LogP contribution in [0.2, 0.25) is 0 Å². The van der Waals surface area contributed by atoms with Crippen LogP contribution in [0.4, 0.5) is 0 Å². The third kappa shape index (κ3) is 3.35. The molecule has 0 saturated heterocycles. The molecule has 3 heteroatoms. The fourth-order valence-electron chi connectivity index (χ4n) is 2.07. The first-order chi connectivity index (χ1) is 9.06. The summed E-state index contributed by atoms with van der Waals surface area (Å²) in [4.78, 5) is 11.8. The maximum atomic E-state index is 11.8. The average Bonchev–Trinajstić information content (AvgIpc) is 2.39. The van der Waals surface area contributed by atoms with Crippen molar-refractivity contribution >= 4 is 5.78 Å². The molecule has 1 atom stereocenters. The molecule has 0 unspecified atom stereocenters. The highest BCUT2D eigenvalue weighted by Gasteiger charge is 2.17. The lowest BCUT2D eigenvalue weighted by Gasteiger charge is -2.14. The summed E-state index contributed by atoms with van der Waals surface area (Å²) in [5, 5.41) is 18.5. The molecule has 0 fully saturated rings. The smallest absolute Gasteiger partial charge is 0.137 e. The second kappa shape index (κ2) is 5.57. The van der Waals surface area contributed by atoms with Crippen molar-refractivity contribution in [1.29, 1.82) is 0 Å². The van der Waals surface area contributed by atoms with Crippen LogP contribution in [0.25, 0.3) is 0 Å². The third-order valence-electron chi connectivity index (χ3n) is 3.16. The van der Waals surface area contributed by atoms with Crippen LogP contribution >= 0.6 is 0 Å². The Balaban J connectivity index is 2.23. The molecule has 2 aromatic carbocycles. The normalized spacial score (nSPS) is 12.1. The highest BCUT2D eigenvalue weighted by molar-refractivity contribution is 5.83. The Morgan fingerprint density at radius 2 is 1.42 bits per heavy atom. The van der Waals surface area contributed by atoms with E-state index < -0.39 is 0 Å². The van der Waals surface area contributed by atoms with Crippen LogP contribution in [0.1, 0.15) is 24.0 Å². The van der Waals surface area contributed by atoms with Crippen molar-refractivity contribution in [2.75, 3.05) is 0 Å². The second-order valence-corrected chi connectivity index (χ2v) is 4.63. The second-order valence-electron chi connectivity index (χ2n) is 4.63. The molecule has 0 saturated carbocycles. The summed E-state index contributed by atoms with van der Waals surface area (Å²) in [6.07, 6.45) is 0.584. The molecule has 2 rings (SSSR count). The van der Waals surface area contributed by atoms with Crippen molar-refractivity contribution in [1.82, 2.24) is 0 Å². The van der Waals surface area contributed by atoms with Gasteiger partial charge < -0.3 is 10.2 Å². The molecule has 0 amide bonds. The van der Waals surface area contributed by atoms with E-state index in [0.717, 1.165) is 11.1 Å². The Bertz CT molecular complexity index is 556. The number of ketones is 1. The van der Waals surface area contributed by atoms with Crippen molar-refractivity contribution in [3.05, 3.63) is 59.7 Å². The molecule has 0 bridgehead atoms. The zero-order chi connectivity index (χ0) is 13.8. The minimum Gasteiger partial charge on any atom is -0.508 e. The van der Waals surface area contributed by atoms with Crippen LogP contribution in [0.5, 0.6) is 11.5 Å². The largest absolute Gasteiger partial charge is 0.508 e. The van der Waals surface area contributed by atoms with Gasteiger partial charge in [-0.25, -0.2) is 0 Å². The van der Waals surface area contributed by atoms with Gasteiger partial charge in [-0.3, -0.25) is 4.79 Å². The predicted octanol–water partition coefficient (Wildman–Crippen LogP) is 3.01. The lowest BCUT2D eigenvalue weighted by molar-refractivity contribution is -0.118. The van der Waals surface area contributed by atoms with Gasteiger partial charge in [0.2, 0.25) is 0 Å². The Morgan fingerprint density at radius 3 is 1.89 bits per heavy atom. The fourth-order valence-corrected chi connectivity index (χ4v) is 2.07. The number of carbonyl (C=O) groups is 1. The molecule has 2 aromatic rings. The fraction of sp³-hybridized carbons (Fsp3) is 0.188. The summed E-state index contributed by atoms with van der Waals surface area (Å²) in [5.74, 6) is 0.257. The summed E-state index contributed by atoms with van der Waals surface area (Å²) in [5.41, 5.74) is 1.88. The number of hydrogen-bond acceptors (Lipinski definition) is 3. The first-order valence-electron chi connectivity index (χ1n) is 6.13. The summed E-state index contributed by atoms with van der Waals surface area (Å²) in [7, 11) is 0. The van der Waals surface area contributed by atoms with Crippen LogP contribution in [0.15, 0.2) is 48.5 Å². The van der Waals surface area contributed by atoms with Crippen molar-refractivity contribution in [2.24, 2.45) is 0 Å². The predicted molar refractivity (Wildman–Crippen MR) is 73.3 cm³/mol. The molecule has 0 aliphatic carbocycles. The monoisotopic (exact) mass is 256 g/mol. The highest BCUT2D eigenvalue weighted by Crippen LogP contribution is 2.24. The first-order valence-corrected chi connectivity index (χ1v) is 6.13. The number of Topliss-reactive ketones (excluding diaryl/α,β-unsaturated/α-hetero) is 1. The van der Waals surface area contributed by atoms with E-state index in [1.54, 1.807) is 43.3 Å². The van der Waals surface area contributed by atoms with Crippen molar-refractivity contribution < 1.29 is 15.0 Å². The molecule has 19 heavy (non-hydrogen) atoms. The molecule has 98 valence electrons. The van der Waals surface area contributed by atoms with E-state index in [4.69, 9.17) is 0 Å². The van der Waals surface area contributed by atoms with Crippen molar-refractivity contribution in [3.8, 4) is 11.5 Å². The number of hydrogen-bond donors (Lipinski definition) is 2. The van der Waals surface area contributed by atoms with Gasteiger partial charge in [0.25, 0.3) is 0 Å². The standard InChI is InChI=1S/C16H16O3/c1-11(17)16(13-4-8-15(19)9-5-13)10-12-2-6-14(18)7-3-12/h2-9,16,18-19H,10H2,1H3/t16-/m0/s1. The zero-order valence-corrected chi connectivity index (χ0v) is 10.7. The highest BCUT2D eigenvalue weighted by atomic mass is 16.3. The van der Waals surface area contributed by atoms with E-state index in [2.05, 4.69) is 0 Å². The van der Waals surface area contributed by atoms with Gasteiger partial charge in [0.05, 0.1) is 0 Å². The van der Waals surface area contributed by atoms with E-state index in [0.29, 0.717) is 6.42 Å². The molecule has 3 nitrogen and oxygen atoms in total. The lowest BCUT2D eigenvalue weighted by Crippen LogP contribution is -2.11. The van der Waals surface area contributed by atoms with Gasteiger partial charge in [-0.15, -0.1) is 0 Å². The van der Waals surface area contributed by atoms with Crippen LogP contribution in [0.3, 0.4) is 0 Å². The first kappa shape index (κ1) is 13.1. The van der Waals surface area contributed by atoms with Crippen LogP contribution in [-0.4, -0.2) is 16.0 Å². The minimum absolute atomic E-state index is 0.0822. The van der Waals surface area contributed by atoms with E-state index in [-0.39, 0.29) is 23.2 Å². The van der Waals surface area contributed by atoms with Crippen LogP contribution < -0.4 is 0 Å². The lowest BCUT2D eigenvalue weighted by atomic mass is 9.89. The van der Waals surface area contributed by atoms with Gasteiger partial charge >= 0.3 is 0 Å². The maximum absolute atomic E-state index is 11.8. The molecule has 0 heterocycles. The van der Waals surface area contributed by atoms with Gasteiger partial charge in [-0.1, -0.05) is 24.3 Å². The van der Waals surface area contributed by atoms with E-state index in [1.807, 2.05) is 12.1 Å². The van der Waals surface area contributed by atoms with E-state index in [1.165, 1.54) is 0 Å². The Morgan fingerprint density at radius 1 is 0.947 bits per heavy atom. The number of phenols is 2. The number of benzene rings is 2. The van der Waals surface area contributed by atoms with Crippen LogP contribution in [0, 0.1) is 0 Å². The summed E-state index contributed by atoms with van der Waals surface area (Å²) in [6.45, 7) is 1.57. The SMILES string of the molecule is CC(=O)[C@H](Cc1ccc(O)cc1)c1ccc(O)cc1. The molecule has 0 spiro atoms. The van der Waals surface area contributed by atoms with Gasteiger partial charge in [-0.2, -0.15) is 0 Å². The minimum atomic E-state index is -0.231. The quantitative estimate of drug-likeness (QED) is 0.884. The van der Waals surface area contributed by atoms with Gasteiger partial charge in [0.1, 0.15) is 17.3 Å². The number of rotatable bonds is 4. The molecule has 0 aliphatic rings. The molecular formula is C16H16O3. The summed E-state index contributed by atoms with van der Waals surface area (Å²) in [6, 6.07) is 13.6.